The molecule has 5 nitrogen and oxygen atoms in total. The normalized spacial score (nSPS) is 19.3. The van der Waals surface area contributed by atoms with Crippen LogP contribution in [0, 0.1) is 5.92 Å². The number of nitrogens with zero attached hydrogens (tertiary/aromatic N) is 2. The minimum atomic E-state index is 0.0680. The molecule has 18 heavy (non-hydrogen) atoms. The lowest BCUT2D eigenvalue weighted by Crippen LogP contribution is -2.34. The first-order valence-corrected chi connectivity index (χ1v) is 6.33. The quantitative estimate of drug-likeness (QED) is 0.846. The van der Waals surface area contributed by atoms with Gasteiger partial charge in [-0.05, 0) is 18.6 Å². The Hall–Kier alpha value is -1.78. The van der Waals surface area contributed by atoms with Crippen LogP contribution < -0.4 is 11.1 Å². The number of rotatable bonds is 3. The molecule has 0 aromatic carbocycles. The minimum Gasteiger partial charge on any atom is -0.397 e. The van der Waals surface area contributed by atoms with E-state index in [0.717, 1.165) is 25.3 Å². The summed E-state index contributed by atoms with van der Waals surface area (Å²) < 4.78 is 0. The molecule has 1 fully saturated rings. The largest absolute Gasteiger partial charge is 0.397 e. The van der Waals surface area contributed by atoms with Gasteiger partial charge < -0.3 is 16.0 Å². The van der Waals surface area contributed by atoms with E-state index in [0.29, 0.717) is 5.69 Å². The fourth-order valence-electron chi connectivity index (χ4n) is 2.14. The first-order chi connectivity index (χ1) is 8.56. The Morgan fingerprint density at radius 2 is 2.33 bits per heavy atom. The number of likely N-dealkylation sites (tertiary alicyclic amines) is 1. The highest BCUT2D eigenvalue weighted by Crippen LogP contribution is 2.16. The zero-order valence-electron chi connectivity index (χ0n) is 10.9. The highest BCUT2D eigenvalue weighted by Gasteiger charge is 2.27. The average molecular weight is 248 g/mol. The maximum Gasteiger partial charge on any atom is 0.225 e. The van der Waals surface area contributed by atoms with Gasteiger partial charge in [0.25, 0.3) is 0 Å². The van der Waals surface area contributed by atoms with E-state index in [9.17, 15) is 4.79 Å². The van der Waals surface area contributed by atoms with E-state index < -0.39 is 0 Å². The molecule has 0 radical (unpaired) electrons. The van der Waals surface area contributed by atoms with Crippen molar-refractivity contribution in [3.8, 4) is 0 Å². The maximum atomic E-state index is 11.9. The summed E-state index contributed by atoms with van der Waals surface area (Å²) in [7, 11) is 0. The van der Waals surface area contributed by atoms with Gasteiger partial charge in [-0.1, -0.05) is 13.8 Å². The first-order valence-electron chi connectivity index (χ1n) is 6.33. The molecule has 1 aliphatic rings. The van der Waals surface area contributed by atoms with E-state index in [1.54, 1.807) is 6.20 Å². The fourth-order valence-corrected chi connectivity index (χ4v) is 2.14. The van der Waals surface area contributed by atoms with Crippen LogP contribution in [0.15, 0.2) is 18.3 Å². The van der Waals surface area contributed by atoms with Gasteiger partial charge in [-0.15, -0.1) is 0 Å². The molecule has 0 spiro atoms. The number of nitrogens with one attached hydrogen (secondary N) is 1. The van der Waals surface area contributed by atoms with Crippen LogP contribution in [-0.2, 0) is 4.79 Å². The number of carbonyl (C=O) groups excluding carboxylic acids is 1. The summed E-state index contributed by atoms with van der Waals surface area (Å²) in [6.45, 7) is 5.45. The number of hydrogen-bond donors (Lipinski definition) is 2. The number of amides is 1. The van der Waals surface area contributed by atoms with Gasteiger partial charge >= 0.3 is 0 Å². The van der Waals surface area contributed by atoms with Gasteiger partial charge in [0.15, 0.2) is 0 Å². The van der Waals surface area contributed by atoms with Gasteiger partial charge in [-0.25, -0.2) is 4.98 Å². The van der Waals surface area contributed by atoms with E-state index in [-0.39, 0.29) is 17.9 Å². The van der Waals surface area contributed by atoms with Crippen LogP contribution in [0.1, 0.15) is 20.3 Å². The van der Waals surface area contributed by atoms with Crippen LogP contribution in [-0.4, -0.2) is 34.9 Å². The lowest BCUT2D eigenvalue weighted by Gasteiger charge is -2.19. The summed E-state index contributed by atoms with van der Waals surface area (Å²) >= 11 is 0. The molecule has 1 saturated heterocycles. The van der Waals surface area contributed by atoms with Gasteiger partial charge in [-0.2, -0.15) is 0 Å². The van der Waals surface area contributed by atoms with Crippen molar-refractivity contribution >= 4 is 17.4 Å². The van der Waals surface area contributed by atoms with Crippen LogP contribution in [0.3, 0.4) is 0 Å². The Kier molecular flexibility index (Phi) is 3.69. The van der Waals surface area contributed by atoms with E-state index >= 15 is 0 Å². The molecule has 1 atom stereocenters. The summed E-state index contributed by atoms with van der Waals surface area (Å²) in [6.07, 6.45) is 2.60. The Morgan fingerprint density at radius 1 is 1.56 bits per heavy atom. The molecule has 5 heteroatoms. The summed E-state index contributed by atoms with van der Waals surface area (Å²) in [5.74, 6) is 1.11. The van der Waals surface area contributed by atoms with Gasteiger partial charge in [0, 0.05) is 25.0 Å². The van der Waals surface area contributed by atoms with Crippen molar-refractivity contribution in [3.63, 3.8) is 0 Å². The van der Waals surface area contributed by atoms with Gasteiger partial charge in [-0.3, -0.25) is 4.79 Å². The van der Waals surface area contributed by atoms with Gasteiger partial charge in [0.05, 0.1) is 11.9 Å². The minimum absolute atomic E-state index is 0.0680. The van der Waals surface area contributed by atoms with Crippen LogP contribution in [0.5, 0.6) is 0 Å². The summed E-state index contributed by atoms with van der Waals surface area (Å²) in [5.41, 5.74) is 6.24. The molecule has 2 rings (SSSR count). The second-order valence-corrected chi connectivity index (χ2v) is 5.05. The van der Waals surface area contributed by atoms with Crippen LogP contribution in [0.25, 0.3) is 0 Å². The molecule has 2 heterocycles. The average Bonchev–Trinajstić information content (AvgIpc) is 2.79. The van der Waals surface area contributed by atoms with Crippen molar-refractivity contribution in [1.82, 2.24) is 9.88 Å². The Labute approximate surface area is 107 Å². The molecule has 1 aromatic heterocycles. The lowest BCUT2D eigenvalue weighted by atomic mass is 10.2. The number of pyridine rings is 1. The van der Waals surface area contributed by atoms with Crippen molar-refractivity contribution in [1.29, 1.82) is 0 Å². The van der Waals surface area contributed by atoms with Gasteiger partial charge in [0.2, 0.25) is 5.91 Å². The first kappa shape index (κ1) is 12.7. The van der Waals surface area contributed by atoms with Crippen LogP contribution >= 0.6 is 0 Å². The molecule has 0 unspecified atom stereocenters. The number of hydrogen-bond acceptors (Lipinski definition) is 4. The predicted molar refractivity (Wildman–Crippen MR) is 72.1 cm³/mol. The topological polar surface area (TPSA) is 71.2 Å². The predicted octanol–water partition coefficient (Wildman–Crippen LogP) is 1.33. The monoisotopic (exact) mass is 248 g/mol. The summed E-state index contributed by atoms with van der Waals surface area (Å²) in [5, 5.41) is 3.33. The molecule has 0 bridgehead atoms. The molecular formula is C13H20N4O. The van der Waals surface area contributed by atoms with E-state index in [1.165, 1.54) is 0 Å². The molecule has 98 valence electrons. The number of nitrogens with two attached hydrogens (primary N) is 1. The molecule has 0 aliphatic carbocycles. The van der Waals surface area contributed by atoms with E-state index in [2.05, 4.69) is 10.3 Å². The SMILES string of the molecule is CC(C)C(=O)N1CC[C@H](Nc2ccc(N)cn2)C1. The highest BCUT2D eigenvalue weighted by molar-refractivity contribution is 5.78. The smallest absolute Gasteiger partial charge is 0.225 e. The zero-order valence-corrected chi connectivity index (χ0v) is 10.9. The second-order valence-electron chi connectivity index (χ2n) is 5.05. The van der Waals surface area contributed by atoms with Crippen LogP contribution in [0.4, 0.5) is 11.5 Å². The van der Waals surface area contributed by atoms with Crippen molar-refractivity contribution in [3.05, 3.63) is 18.3 Å². The third-order valence-electron chi connectivity index (χ3n) is 3.13. The summed E-state index contributed by atoms with van der Waals surface area (Å²) in [6, 6.07) is 3.97. The molecule has 1 amide bonds. The van der Waals surface area contributed by atoms with Gasteiger partial charge in [0.1, 0.15) is 5.82 Å². The van der Waals surface area contributed by atoms with Crippen molar-refractivity contribution in [2.45, 2.75) is 26.3 Å². The third-order valence-corrected chi connectivity index (χ3v) is 3.13. The van der Waals surface area contributed by atoms with Crippen molar-refractivity contribution in [2.75, 3.05) is 24.1 Å². The molecule has 1 aromatic rings. The van der Waals surface area contributed by atoms with Crippen molar-refractivity contribution < 1.29 is 4.79 Å². The van der Waals surface area contributed by atoms with E-state index in [1.807, 2.05) is 30.9 Å². The number of carbonyl (C=O) groups is 1. The molecule has 3 N–H and O–H groups in total. The molecular weight excluding hydrogens is 228 g/mol. The molecule has 0 saturated carbocycles. The number of aromatic nitrogens is 1. The maximum absolute atomic E-state index is 11.9. The number of nitrogen functional groups attached to an aromatic ring is 1. The number of anilines is 2. The van der Waals surface area contributed by atoms with Crippen molar-refractivity contribution in [2.24, 2.45) is 5.92 Å². The van der Waals surface area contributed by atoms with Crippen LogP contribution in [0.2, 0.25) is 0 Å². The second kappa shape index (κ2) is 5.25. The lowest BCUT2D eigenvalue weighted by molar-refractivity contribution is -0.133. The Balaban J connectivity index is 1.90. The fraction of sp³-hybridized carbons (Fsp3) is 0.538. The van der Waals surface area contributed by atoms with E-state index in [4.69, 9.17) is 5.73 Å². The summed E-state index contributed by atoms with van der Waals surface area (Å²) in [4.78, 5) is 18.0. The molecule has 1 aliphatic heterocycles. The third kappa shape index (κ3) is 2.91. The standard InChI is InChI=1S/C13H20N4O/c1-9(2)13(18)17-6-5-11(8-17)16-12-4-3-10(14)7-15-12/h3-4,7,9,11H,5-6,8,14H2,1-2H3,(H,15,16)/t11-/m0/s1. The highest BCUT2D eigenvalue weighted by atomic mass is 16.2. The Bertz CT molecular complexity index is 416. The Morgan fingerprint density at radius 3 is 2.94 bits per heavy atom. The zero-order chi connectivity index (χ0) is 13.1.